The van der Waals surface area contributed by atoms with Crippen LogP contribution in [0.2, 0.25) is 0 Å². The van der Waals surface area contributed by atoms with Gasteiger partial charge in [-0.1, -0.05) is 12.1 Å². The van der Waals surface area contributed by atoms with E-state index in [0.717, 1.165) is 22.9 Å². The van der Waals surface area contributed by atoms with E-state index >= 15 is 0 Å². The Kier molecular flexibility index (Phi) is 3.68. The number of anilines is 1. The standard InChI is InChI=1S/C18H18N6O/c1-23(2)15-8-7-12(11-20-15)17(25)22-18-21-14-6-4-3-5-13(14)16-19-9-10-24(16)18/h3-8,11H,9-10H2,1-2H3,(H,21,22,25). The second-order valence-corrected chi connectivity index (χ2v) is 6.06. The molecule has 0 saturated heterocycles. The molecule has 126 valence electrons. The molecular formula is C18H18N6O. The molecular weight excluding hydrogens is 316 g/mol. The third-order valence-corrected chi connectivity index (χ3v) is 4.16. The largest absolute Gasteiger partial charge is 0.363 e. The molecule has 1 N–H and O–H groups in total. The summed E-state index contributed by atoms with van der Waals surface area (Å²) in [6, 6.07) is 11.4. The second kappa shape index (κ2) is 6.01. The molecule has 0 fully saturated rings. The summed E-state index contributed by atoms with van der Waals surface area (Å²) >= 11 is 0. The van der Waals surface area contributed by atoms with Crippen LogP contribution >= 0.6 is 0 Å². The number of pyridine rings is 1. The molecule has 4 rings (SSSR count). The van der Waals surface area contributed by atoms with Gasteiger partial charge in [0, 0.05) is 32.4 Å². The van der Waals surface area contributed by atoms with Crippen molar-refractivity contribution in [1.29, 1.82) is 0 Å². The molecule has 2 aromatic rings. The third kappa shape index (κ3) is 2.73. The number of hydrogen-bond donors (Lipinski definition) is 1. The van der Waals surface area contributed by atoms with Crippen molar-refractivity contribution in [3.8, 4) is 0 Å². The molecule has 0 spiro atoms. The fraction of sp³-hybridized carbons (Fsp3) is 0.222. The van der Waals surface area contributed by atoms with Crippen LogP contribution in [0.5, 0.6) is 0 Å². The van der Waals surface area contributed by atoms with Gasteiger partial charge in [-0.05, 0) is 24.3 Å². The number of aromatic nitrogens is 1. The summed E-state index contributed by atoms with van der Waals surface area (Å²) in [6.45, 7) is 1.40. The number of para-hydroxylation sites is 1. The molecule has 0 unspecified atom stereocenters. The van der Waals surface area contributed by atoms with Crippen LogP contribution in [0.15, 0.2) is 52.6 Å². The molecule has 25 heavy (non-hydrogen) atoms. The number of aliphatic imine (C=N–C) groups is 2. The first kappa shape index (κ1) is 15.3. The van der Waals surface area contributed by atoms with Gasteiger partial charge in [-0.2, -0.15) is 0 Å². The lowest BCUT2D eigenvalue weighted by molar-refractivity contribution is 0.0974. The highest BCUT2D eigenvalue weighted by Crippen LogP contribution is 2.27. The highest BCUT2D eigenvalue weighted by molar-refractivity contribution is 6.19. The van der Waals surface area contributed by atoms with Gasteiger partial charge >= 0.3 is 0 Å². The van der Waals surface area contributed by atoms with Crippen molar-refractivity contribution in [2.75, 3.05) is 32.1 Å². The van der Waals surface area contributed by atoms with Crippen molar-refractivity contribution in [2.45, 2.75) is 0 Å². The fourth-order valence-electron chi connectivity index (χ4n) is 2.87. The molecule has 0 aliphatic carbocycles. The van der Waals surface area contributed by atoms with Crippen LogP contribution in [-0.4, -0.2) is 54.8 Å². The first-order valence-corrected chi connectivity index (χ1v) is 8.08. The maximum Gasteiger partial charge on any atom is 0.259 e. The maximum absolute atomic E-state index is 12.6. The summed E-state index contributed by atoms with van der Waals surface area (Å²) in [4.78, 5) is 29.9. The average Bonchev–Trinajstić information content (AvgIpc) is 3.12. The van der Waals surface area contributed by atoms with Gasteiger partial charge in [-0.15, -0.1) is 0 Å². The molecule has 0 bridgehead atoms. The predicted octanol–water partition coefficient (Wildman–Crippen LogP) is 1.64. The van der Waals surface area contributed by atoms with Gasteiger partial charge in [-0.25, -0.2) is 9.98 Å². The van der Waals surface area contributed by atoms with Gasteiger partial charge in [0.15, 0.2) is 0 Å². The minimum absolute atomic E-state index is 0.234. The molecule has 1 amide bonds. The van der Waals surface area contributed by atoms with Gasteiger partial charge in [-0.3, -0.25) is 20.0 Å². The Bertz CT molecular complexity index is 885. The highest BCUT2D eigenvalue weighted by Gasteiger charge is 2.30. The predicted molar refractivity (Wildman–Crippen MR) is 97.7 cm³/mol. The number of amides is 1. The van der Waals surface area contributed by atoms with Gasteiger partial charge < -0.3 is 4.90 Å². The lowest BCUT2D eigenvalue weighted by Gasteiger charge is -2.27. The molecule has 0 radical (unpaired) electrons. The zero-order chi connectivity index (χ0) is 17.4. The summed E-state index contributed by atoms with van der Waals surface area (Å²) < 4.78 is 0. The van der Waals surface area contributed by atoms with E-state index < -0.39 is 0 Å². The van der Waals surface area contributed by atoms with Crippen LogP contribution in [-0.2, 0) is 0 Å². The van der Waals surface area contributed by atoms with E-state index in [1.807, 2.05) is 54.2 Å². The highest BCUT2D eigenvalue weighted by atomic mass is 16.1. The number of nitrogens with one attached hydrogen (secondary N) is 1. The number of rotatable bonds is 2. The Morgan fingerprint density at radius 1 is 1.20 bits per heavy atom. The molecule has 0 atom stereocenters. The summed E-state index contributed by atoms with van der Waals surface area (Å²) in [7, 11) is 3.81. The topological polar surface area (TPSA) is 73.2 Å². The van der Waals surface area contributed by atoms with Crippen LogP contribution in [0.4, 0.5) is 11.5 Å². The molecule has 3 heterocycles. The molecule has 1 aromatic heterocycles. The molecule has 7 heteroatoms. The number of guanidine groups is 1. The summed E-state index contributed by atoms with van der Waals surface area (Å²) in [5.74, 6) is 1.94. The van der Waals surface area contributed by atoms with E-state index in [1.165, 1.54) is 0 Å². The normalized spacial score (nSPS) is 15.0. The number of hydrogen-bond acceptors (Lipinski definition) is 6. The van der Waals surface area contributed by atoms with Crippen LogP contribution in [0.1, 0.15) is 15.9 Å². The molecule has 0 saturated carbocycles. The van der Waals surface area contributed by atoms with Crippen LogP contribution in [0.3, 0.4) is 0 Å². The van der Waals surface area contributed by atoms with Crippen LogP contribution < -0.4 is 10.2 Å². The molecule has 2 aliphatic rings. The van der Waals surface area contributed by atoms with E-state index in [2.05, 4.69) is 20.3 Å². The van der Waals surface area contributed by atoms with Gasteiger partial charge in [0.2, 0.25) is 5.96 Å². The minimum atomic E-state index is -0.234. The zero-order valence-electron chi connectivity index (χ0n) is 14.1. The number of amidine groups is 1. The lowest BCUT2D eigenvalue weighted by Crippen LogP contribution is -2.47. The van der Waals surface area contributed by atoms with E-state index in [9.17, 15) is 4.79 Å². The second-order valence-electron chi connectivity index (χ2n) is 6.06. The van der Waals surface area contributed by atoms with Gasteiger partial charge in [0.1, 0.15) is 11.7 Å². The van der Waals surface area contributed by atoms with Crippen molar-refractivity contribution in [1.82, 2.24) is 15.2 Å². The van der Waals surface area contributed by atoms with E-state index in [1.54, 1.807) is 12.3 Å². The van der Waals surface area contributed by atoms with Crippen molar-refractivity contribution < 1.29 is 4.79 Å². The van der Waals surface area contributed by atoms with Crippen LogP contribution in [0.25, 0.3) is 0 Å². The Morgan fingerprint density at radius 2 is 2.04 bits per heavy atom. The average molecular weight is 334 g/mol. The fourth-order valence-corrected chi connectivity index (χ4v) is 2.87. The number of benzene rings is 1. The Labute approximate surface area is 145 Å². The first-order chi connectivity index (χ1) is 12.1. The van der Waals surface area contributed by atoms with E-state index in [-0.39, 0.29) is 5.91 Å². The van der Waals surface area contributed by atoms with E-state index in [4.69, 9.17) is 0 Å². The van der Waals surface area contributed by atoms with Gasteiger partial charge in [0.25, 0.3) is 5.91 Å². The first-order valence-electron chi connectivity index (χ1n) is 8.08. The SMILES string of the molecule is CN(C)c1ccc(C(=O)NC2=Nc3ccccc3C3=NCCN23)cn1. The summed E-state index contributed by atoms with van der Waals surface area (Å²) in [5, 5.41) is 2.90. The number of nitrogens with zero attached hydrogens (tertiary/aromatic N) is 5. The number of carbonyl (C=O) groups excluding carboxylic acids is 1. The van der Waals surface area contributed by atoms with Crippen molar-refractivity contribution in [2.24, 2.45) is 9.98 Å². The smallest absolute Gasteiger partial charge is 0.259 e. The van der Waals surface area contributed by atoms with Crippen molar-refractivity contribution >= 4 is 29.2 Å². The van der Waals surface area contributed by atoms with Gasteiger partial charge in [0.05, 0.1) is 17.8 Å². The quantitative estimate of drug-likeness (QED) is 0.906. The summed E-state index contributed by atoms with van der Waals surface area (Å²) in [5.41, 5.74) is 2.30. The Balaban J connectivity index is 1.61. The number of fused-ring (bicyclic) bond motifs is 3. The number of carbonyl (C=O) groups is 1. The van der Waals surface area contributed by atoms with Crippen molar-refractivity contribution in [3.05, 3.63) is 53.7 Å². The van der Waals surface area contributed by atoms with E-state index in [0.29, 0.717) is 24.6 Å². The zero-order valence-corrected chi connectivity index (χ0v) is 14.1. The monoisotopic (exact) mass is 334 g/mol. The summed E-state index contributed by atoms with van der Waals surface area (Å²) in [6.07, 6.45) is 1.57. The Morgan fingerprint density at radius 3 is 2.80 bits per heavy atom. The lowest BCUT2D eigenvalue weighted by atomic mass is 10.1. The van der Waals surface area contributed by atoms with Crippen LogP contribution in [0, 0.1) is 0 Å². The molecule has 7 nitrogen and oxygen atoms in total. The van der Waals surface area contributed by atoms with Crippen molar-refractivity contribution in [3.63, 3.8) is 0 Å². The molecule has 1 aromatic carbocycles. The maximum atomic E-state index is 12.6. The Hall–Kier alpha value is -3.22. The third-order valence-electron chi connectivity index (χ3n) is 4.16. The minimum Gasteiger partial charge on any atom is -0.363 e. The molecule has 2 aliphatic heterocycles.